The monoisotopic (exact) mass is 383 g/mol. The molecule has 9 heteroatoms. The maximum Gasteiger partial charge on any atom is 0.266 e. The maximum absolute atomic E-state index is 13.5. The van der Waals surface area contributed by atoms with Crippen LogP contribution < -0.4 is 4.72 Å². The average molecular weight is 385 g/mol. The fraction of sp³-hybridized carbons (Fsp3) is 0.0909. The third kappa shape index (κ3) is 3.14. The zero-order chi connectivity index (χ0) is 14.9. The van der Waals surface area contributed by atoms with Crippen LogP contribution in [0.1, 0.15) is 5.76 Å². The van der Waals surface area contributed by atoms with E-state index in [1.165, 1.54) is 6.07 Å². The Morgan fingerprint density at radius 3 is 2.70 bits per heavy atom. The lowest BCUT2D eigenvalue weighted by molar-refractivity contribution is 0.245. The fourth-order valence-electron chi connectivity index (χ4n) is 1.43. The number of hydrogen-bond acceptors (Lipinski definition) is 4. The van der Waals surface area contributed by atoms with E-state index < -0.39 is 22.4 Å². The molecule has 0 bridgehead atoms. The molecule has 0 saturated heterocycles. The first-order valence-corrected chi connectivity index (χ1v) is 7.86. The molecule has 0 unspecified atom stereocenters. The summed E-state index contributed by atoms with van der Waals surface area (Å²) in [6.07, 6.45) is 0. The highest BCUT2D eigenvalue weighted by molar-refractivity contribution is 9.10. The molecule has 0 saturated carbocycles. The summed E-state index contributed by atoms with van der Waals surface area (Å²) in [6, 6.07) is 4.63. The van der Waals surface area contributed by atoms with Gasteiger partial charge in [-0.25, -0.2) is 12.8 Å². The van der Waals surface area contributed by atoms with Gasteiger partial charge in [-0.1, -0.05) is 11.6 Å². The predicted molar refractivity (Wildman–Crippen MR) is 74.5 cm³/mol. The number of rotatable bonds is 4. The number of anilines is 1. The molecular weight excluding hydrogens is 377 g/mol. The van der Waals surface area contributed by atoms with E-state index in [2.05, 4.69) is 20.7 Å². The molecule has 0 aliphatic heterocycles. The van der Waals surface area contributed by atoms with Crippen LogP contribution in [0.15, 0.2) is 38.2 Å². The molecule has 2 N–H and O–H groups in total. The normalized spacial score (nSPS) is 11.6. The Labute approximate surface area is 127 Å². The van der Waals surface area contributed by atoms with Gasteiger partial charge in [-0.3, -0.25) is 4.72 Å². The second-order valence-electron chi connectivity index (χ2n) is 3.74. The molecule has 0 amide bonds. The van der Waals surface area contributed by atoms with Crippen LogP contribution in [0.5, 0.6) is 0 Å². The molecule has 0 atom stereocenters. The van der Waals surface area contributed by atoms with Gasteiger partial charge in [0.2, 0.25) is 0 Å². The zero-order valence-corrected chi connectivity index (χ0v) is 12.9. The van der Waals surface area contributed by atoms with Crippen molar-refractivity contribution in [2.45, 2.75) is 11.5 Å². The van der Waals surface area contributed by atoms with Gasteiger partial charge in [-0.05, 0) is 34.1 Å². The van der Waals surface area contributed by atoms with Gasteiger partial charge in [0.25, 0.3) is 10.0 Å². The third-order valence-corrected chi connectivity index (χ3v) is 4.78. The molecule has 0 aliphatic rings. The minimum absolute atomic E-state index is 0.0591. The molecule has 0 aliphatic carbocycles. The van der Waals surface area contributed by atoms with Crippen molar-refractivity contribution < 1.29 is 22.3 Å². The molecular formula is C11H8BrClFNO4S. The van der Waals surface area contributed by atoms with Crippen LogP contribution >= 0.6 is 27.5 Å². The molecule has 1 heterocycles. The molecule has 20 heavy (non-hydrogen) atoms. The van der Waals surface area contributed by atoms with E-state index in [1.807, 2.05) is 0 Å². The van der Waals surface area contributed by atoms with Gasteiger partial charge in [-0.15, -0.1) is 0 Å². The first kappa shape index (κ1) is 15.3. The molecule has 2 aromatic rings. The Hall–Kier alpha value is -1.09. The van der Waals surface area contributed by atoms with Gasteiger partial charge in [0, 0.05) is 11.1 Å². The highest BCUT2D eigenvalue weighted by Gasteiger charge is 2.23. The van der Waals surface area contributed by atoms with Crippen molar-refractivity contribution in [2.24, 2.45) is 0 Å². The van der Waals surface area contributed by atoms with E-state index >= 15 is 0 Å². The lowest BCUT2D eigenvalue weighted by Gasteiger charge is -2.07. The molecule has 108 valence electrons. The number of halogens is 3. The summed E-state index contributed by atoms with van der Waals surface area (Å²) in [5.74, 6) is -0.705. The second kappa shape index (κ2) is 5.72. The van der Waals surface area contributed by atoms with E-state index in [-0.39, 0.29) is 26.0 Å². The van der Waals surface area contributed by atoms with Crippen molar-refractivity contribution in [2.75, 3.05) is 4.72 Å². The topological polar surface area (TPSA) is 79.5 Å². The Morgan fingerprint density at radius 2 is 2.10 bits per heavy atom. The molecule has 0 fully saturated rings. The van der Waals surface area contributed by atoms with Gasteiger partial charge >= 0.3 is 0 Å². The molecule has 0 spiro atoms. The van der Waals surface area contributed by atoms with Crippen molar-refractivity contribution in [3.63, 3.8) is 0 Å². The van der Waals surface area contributed by atoms with Crippen LogP contribution in [0.3, 0.4) is 0 Å². The first-order chi connectivity index (χ1) is 9.33. The van der Waals surface area contributed by atoms with Crippen molar-refractivity contribution in [3.8, 4) is 0 Å². The van der Waals surface area contributed by atoms with E-state index in [4.69, 9.17) is 21.1 Å². The summed E-state index contributed by atoms with van der Waals surface area (Å²) in [4.78, 5) is -0.249. The summed E-state index contributed by atoms with van der Waals surface area (Å²) >= 11 is 8.61. The average Bonchev–Trinajstić information content (AvgIpc) is 2.76. The standard InChI is InChI=1S/C11H8BrClFNO4S/c12-11-10(4-7(5-16)19-11)20(17,18)15-9-3-6(13)1-2-8(9)14/h1-4,15-16H,5H2. The lowest BCUT2D eigenvalue weighted by Crippen LogP contribution is -2.13. The largest absolute Gasteiger partial charge is 0.450 e. The Bertz CT molecular complexity index is 747. The predicted octanol–water partition coefficient (Wildman–Crippen LogP) is 3.13. The van der Waals surface area contributed by atoms with Gasteiger partial charge in [0.1, 0.15) is 23.1 Å². The summed E-state index contributed by atoms with van der Waals surface area (Å²) in [5.41, 5.74) is -0.281. The number of hydrogen-bond donors (Lipinski definition) is 2. The SMILES string of the molecule is O=S(=O)(Nc1cc(Cl)ccc1F)c1cc(CO)oc1Br. The van der Waals surface area contributed by atoms with Gasteiger partial charge in [0.15, 0.2) is 4.67 Å². The minimum Gasteiger partial charge on any atom is -0.450 e. The number of aliphatic hydroxyl groups excluding tert-OH is 1. The highest BCUT2D eigenvalue weighted by atomic mass is 79.9. The van der Waals surface area contributed by atoms with E-state index in [9.17, 15) is 12.8 Å². The van der Waals surface area contributed by atoms with Gasteiger partial charge < -0.3 is 9.52 Å². The Kier molecular flexibility index (Phi) is 4.38. The zero-order valence-electron chi connectivity index (χ0n) is 9.73. The van der Waals surface area contributed by atoms with Crippen LogP contribution in [0, 0.1) is 5.82 Å². The van der Waals surface area contributed by atoms with Gasteiger partial charge in [-0.2, -0.15) is 0 Å². The van der Waals surface area contributed by atoms with Crippen LogP contribution in [-0.2, 0) is 16.6 Å². The summed E-state index contributed by atoms with van der Waals surface area (Å²) in [5, 5.41) is 9.09. The maximum atomic E-state index is 13.5. The van der Waals surface area contributed by atoms with Crippen molar-refractivity contribution in [1.29, 1.82) is 0 Å². The number of furan rings is 1. The molecule has 2 rings (SSSR count). The van der Waals surface area contributed by atoms with Crippen molar-refractivity contribution in [3.05, 3.63) is 45.5 Å². The summed E-state index contributed by atoms with van der Waals surface area (Å²) < 4.78 is 44.7. The van der Waals surface area contributed by atoms with E-state index in [0.717, 1.165) is 18.2 Å². The molecule has 1 aromatic heterocycles. The number of sulfonamides is 1. The van der Waals surface area contributed by atoms with Crippen molar-refractivity contribution >= 4 is 43.2 Å². The van der Waals surface area contributed by atoms with Crippen LogP contribution in [-0.4, -0.2) is 13.5 Å². The summed E-state index contributed by atoms with van der Waals surface area (Å²) in [7, 11) is -4.07. The highest BCUT2D eigenvalue weighted by Crippen LogP contribution is 2.29. The minimum atomic E-state index is -4.07. The summed E-state index contributed by atoms with van der Waals surface area (Å²) in [6.45, 7) is -0.459. The second-order valence-corrected chi connectivity index (χ2v) is 6.55. The van der Waals surface area contributed by atoms with Crippen molar-refractivity contribution in [1.82, 2.24) is 0 Å². The Morgan fingerprint density at radius 1 is 1.40 bits per heavy atom. The smallest absolute Gasteiger partial charge is 0.266 e. The van der Waals surface area contributed by atoms with E-state index in [1.54, 1.807) is 0 Å². The lowest BCUT2D eigenvalue weighted by atomic mass is 10.3. The quantitative estimate of drug-likeness (QED) is 0.849. The number of nitrogens with one attached hydrogen (secondary N) is 1. The van der Waals surface area contributed by atoms with Crippen LogP contribution in [0.25, 0.3) is 0 Å². The van der Waals surface area contributed by atoms with E-state index in [0.29, 0.717) is 0 Å². The Balaban J connectivity index is 2.40. The number of aliphatic hydroxyl groups is 1. The molecule has 0 radical (unpaired) electrons. The van der Waals surface area contributed by atoms with Crippen LogP contribution in [0.4, 0.5) is 10.1 Å². The molecule has 1 aromatic carbocycles. The molecule has 5 nitrogen and oxygen atoms in total. The van der Waals surface area contributed by atoms with Crippen LogP contribution in [0.2, 0.25) is 5.02 Å². The number of benzene rings is 1. The fourth-order valence-corrected chi connectivity index (χ4v) is 3.66. The van der Waals surface area contributed by atoms with Gasteiger partial charge in [0.05, 0.1) is 5.69 Å². The third-order valence-electron chi connectivity index (χ3n) is 2.32. The first-order valence-electron chi connectivity index (χ1n) is 5.20.